The highest BCUT2D eigenvalue weighted by atomic mass is 16.5. The van der Waals surface area contributed by atoms with E-state index >= 15 is 0 Å². The van der Waals surface area contributed by atoms with E-state index < -0.39 is 17.8 Å². The van der Waals surface area contributed by atoms with Crippen LogP contribution in [0, 0.1) is 0 Å². The topological polar surface area (TPSA) is 80.6 Å². The first-order valence-electron chi connectivity index (χ1n) is 9.25. The van der Waals surface area contributed by atoms with Gasteiger partial charge < -0.3 is 14.4 Å². The molecule has 0 radical (unpaired) electrons. The number of hydrogen-bond acceptors (Lipinski definition) is 5. The van der Waals surface area contributed by atoms with Crippen LogP contribution in [0.15, 0.2) is 18.2 Å². The van der Waals surface area contributed by atoms with E-state index in [1.54, 1.807) is 14.2 Å². The van der Waals surface area contributed by atoms with E-state index in [1.165, 1.54) is 0 Å². The Bertz CT molecular complexity index is 751. The molecule has 4 amide bonds. The molecule has 0 aromatic heterocycles. The van der Waals surface area contributed by atoms with Crippen molar-refractivity contribution in [3.63, 3.8) is 0 Å². The van der Waals surface area contributed by atoms with Gasteiger partial charge in [-0.15, -0.1) is 0 Å². The fourth-order valence-electron chi connectivity index (χ4n) is 3.90. The Morgan fingerprint density at radius 2 is 1.85 bits per heavy atom. The molecule has 2 aliphatic heterocycles. The smallest absolute Gasteiger partial charge is 0.338 e. The summed E-state index contributed by atoms with van der Waals surface area (Å²) in [5, 5.41) is 0. The quantitative estimate of drug-likeness (QED) is 0.556. The van der Waals surface area contributed by atoms with Crippen LogP contribution >= 0.6 is 0 Å². The summed E-state index contributed by atoms with van der Waals surface area (Å²) in [6, 6.07) is 5.19. The van der Waals surface area contributed by atoms with E-state index in [4.69, 9.17) is 9.47 Å². The lowest BCUT2D eigenvalue weighted by Crippen LogP contribution is -3.12. The molecule has 2 fully saturated rings. The lowest BCUT2D eigenvalue weighted by molar-refractivity contribution is -0.925. The Hall–Kier alpha value is -2.61. The number of carbonyl (C=O) groups is 3. The number of carbonyl (C=O) groups excluding carboxylic acids is 3. The van der Waals surface area contributed by atoms with Gasteiger partial charge in [-0.25, -0.2) is 9.69 Å². The number of quaternary nitrogens is 1. The number of benzene rings is 1. The molecule has 0 spiro atoms. The molecule has 2 heterocycles. The molecule has 1 aromatic rings. The summed E-state index contributed by atoms with van der Waals surface area (Å²) >= 11 is 0. The van der Waals surface area contributed by atoms with Crippen LogP contribution in [0.4, 0.5) is 4.79 Å². The van der Waals surface area contributed by atoms with Crippen LogP contribution in [0.2, 0.25) is 0 Å². The van der Waals surface area contributed by atoms with Crippen molar-refractivity contribution in [2.24, 2.45) is 0 Å². The Kier molecular flexibility index (Phi) is 5.65. The predicted molar refractivity (Wildman–Crippen MR) is 96.5 cm³/mol. The van der Waals surface area contributed by atoms with Crippen molar-refractivity contribution in [2.75, 3.05) is 34.0 Å². The molecular weight excluding hydrogens is 350 g/mol. The maximum absolute atomic E-state index is 12.5. The average molecular weight is 376 g/mol. The fourth-order valence-corrected chi connectivity index (χ4v) is 3.90. The number of methoxy groups -OCH3 is 2. The van der Waals surface area contributed by atoms with Crippen LogP contribution in [0.3, 0.4) is 0 Å². The normalized spacial score (nSPS) is 22.7. The van der Waals surface area contributed by atoms with Crippen molar-refractivity contribution < 1.29 is 28.8 Å². The summed E-state index contributed by atoms with van der Waals surface area (Å²) < 4.78 is 10.8. The number of nitrogens with zero attached hydrogens (tertiary/aromatic N) is 2. The van der Waals surface area contributed by atoms with Gasteiger partial charge >= 0.3 is 17.8 Å². The second-order valence-electron chi connectivity index (χ2n) is 6.84. The molecular formula is C19H26N3O5+. The van der Waals surface area contributed by atoms with Gasteiger partial charge in [0.15, 0.2) is 6.67 Å². The third-order valence-corrected chi connectivity index (χ3v) is 5.24. The van der Waals surface area contributed by atoms with Crippen LogP contribution in [-0.2, 0) is 9.59 Å². The lowest BCUT2D eigenvalue weighted by atomic mass is 10.0. The minimum atomic E-state index is -0.732. The van der Waals surface area contributed by atoms with Gasteiger partial charge in [-0.1, -0.05) is 6.92 Å². The largest absolute Gasteiger partial charge is 0.497 e. The van der Waals surface area contributed by atoms with Crippen molar-refractivity contribution in [1.82, 2.24) is 9.80 Å². The highest BCUT2D eigenvalue weighted by Crippen LogP contribution is 2.31. The van der Waals surface area contributed by atoms with Gasteiger partial charge in [-0.2, -0.15) is 0 Å². The molecule has 8 heteroatoms. The van der Waals surface area contributed by atoms with Gasteiger partial charge in [0, 0.05) is 19.4 Å². The van der Waals surface area contributed by atoms with Crippen LogP contribution in [0.5, 0.6) is 11.5 Å². The molecule has 0 saturated carbocycles. The number of hydrogen-bond donors (Lipinski definition) is 1. The molecule has 27 heavy (non-hydrogen) atoms. The zero-order chi connectivity index (χ0) is 19.6. The number of amides is 4. The predicted octanol–water partition coefficient (Wildman–Crippen LogP) is 0.582. The zero-order valence-corrected chi connectivity index (χ0v) is 16.0. The van der Waals surface area contributed by atoms with Crippen molar-refractivity contribution in [1.29, 1.82) is 0 Å². The average Bonchev–Trinajstić information content (AvgIpc) is 3.22. The number of rotatable bonds is 7. The molecule has 0 aliphatic carbocycles. The zero-order valence-electron chi connectivity index (χ0n) is 16.0. The minimum Gasteiger partial charge on any atom is -0.497 e. The molecule has 2 saturated heterocycles. The van der Waals surface area contributed by atoms with Gasteiger partial charge in [-0.05, 0) is 24.6 Å². The minimum absolute atomic E-state index is 0.0611. The van der Waals surface area contributed by atoms with E-state index in [2.05, 4.69) is 0 Å². The van der Waals surface area contributed by atoms with E-state index in [0.717, 1.165) is 51.1 Å². The Labute approximate surface area is 158 Å². The van der Waals surface area contributed by atoms with Gasteiger partial charge in [0.2, 0.25) is 0 Å². The van der Waals surface area contributed by atoms with Crippen LogP contribution in [0.25, 0.3) is 0 Å². The van der Waals surface area contributed by atoms with E-state index in [-0.39, 0.29) is 19.3 Å². The number of nitrogens with one attached hydrogen (secondary N) is 1. The molecule has 3 rings (SSSR count). The Morgan fingerprint density at radius 1 is 1.11 bits per heavy atom. The van der Waals surface area contributed by atoms with Crippen molar-refractivity contribution >= 4 is 17.8 Å². The lowest BCUT2D eigenvalue weighted by Gasteiger charge is -2.26. The number of imide groups is 2. The maximum atomic E-state index is 12.5. The van der Waals surface area contributed by atoms with Crippen molar-refractivity contribution in [3.8, 4) is 11.5 Å². The third kappa shape index (κ3) is 3.49. The number of likely N-dealkylation sites (tertiary alicyclic amines) is 1. The van der Waals surface area contributed by atoms with Crippen molar-refractivity contribution in [3.05, 3.63) is 23.8 Å². The molecule has 0 bridgehead atoms. The first-order chi connectivity index (χ1) is 13.0. The van der Waals surface area contributed by atoms with Gasteiger partial charge in [0.1, 0.15) is 17.5 Å². The Balaban J connectivity index is 1.83. The summed E-state index contributed by atoms with van der Waals surface area (Å²) in [4.78, 5) is 40.1. The first kappa shape index (κ1) is 19.2. The van der Waals surface area contributed by atoms with Crippen LogP contribution in [-0.4, -0.2) is 61.6 Å². The maximum Gasteiger partial charge on any atom is 0.338 e. The summed E-state index contributed by atoms with van der Waals surface area (Å²) in [5.74, 6) is 0.0257. The highest BCUT2D eigenvalue weighted by molar-refractivity contribution is 6.44. The molecule has 2 aliphatic rings. The van der Waals surface area contributed by atoms with Gasteiger partial charge in [0.25, 0.3) is 0 Å². The van der Waals surface area contributed by atoms with Crippen molar-refractivity contribution in [2.45, 2.75) is 32.2 Å². The molecule has 1 N–H and O–H groups in total. The van der Waals surface area contributed by atoms with Gasteiger partial charge in [-0.3, -0.25) is 14.5 Å². The van der Waals surface area contributed by atoms with E-state index in [0.29, 0.717) is 6.42 Å². The molecule has 1 aromatic carbocycles. The van der Waals surface area contributed by atoms with Crippen LogP contribution < -0.4 is 14.4 Å². The summed E-state index contributed by atoms with van der Waals surface area (Å²) in [7, 11) is 3.23. The van der Waals surface area contributed by atoms with E-state index in [1.807, 2.05) is 25.1 Å². The van der Waals surface area contributed by atoms with Gasteiger partial charge in [0.05, 0.1) is 26.3 Å². The number of urea groups is 1. The third-order valence-electron chi connectivity index (χ3n) is 5.24. The standard InChI is InChI=1S/C19H25N3O5/c1-4-9-21-17(23)18(24)22(19(21)25)12-20-10-5-6-15(20)14-11-13(26-2)7-8-16(14)27-3/h7-8,11,15H,4-6,9-10,12H2,1-3H3/p+1/t15-/m0/s1. The Morgan fingerprint density at radius 3 is 2.52 bits per heavy atom. The van der Waals surface area contributed by atoms with E-state index in [9.17, 15) is 14.4 Å². The molecule has 146 valence electrons. The molecule has 2 atom stereocenters. The summed E-state index contributed by atoms with van der Waals surface area (Å²) in [5.41, 5.74) is 0.986. The molecule has 8 nitrogen and oxygen atoms in total. The first-order valence-corrected chi connectivity index (χ1v) is 9.25. The van der Waals surface area contributed by atoms with Crippen LogP contribution in [0.1, 0.15) is 37.8 Å². The molecule has 1 unspecified atom stereocenters. The second kappa shape index (κ2) is 7.96. The SMILES string of the molecule is CCCN1C(=O)C(=O)N(C[NH+]2CCC[C@H]2c2cc(OC)ccc2OC)C1=O. The number of ether oxygens (including phenoxy) is 2. The second-order valence-corrected chi connectivity index (χ2v) is 6.84. The summed E-state index contributed by atoms with van der Waals surface area (Å²) in [6.45, 7) is 3.12. The monoisotopic (exact) mass is 376 g/mol. The fraction of sp³-hybridized carbons (Fsp3) is 0.526. The highest BCUT2D eigenvalue weighted by Gasteiger charge is 2.47. The summed E-state index contributed by atoms with van der Waals surface area (Å²) in [6.07, 6.45) is 2.49.